The van der Waals surface area contributed by atoms with Crippen LogP contribution in [0.3, 0.4) is 0 Å². The van der Waals surface area contributed by atoms with Gasteiger partial charge in [-0.1, -0.05) is 72.8 Å². The van der Waals surface area contributed by atoms with Gasteiger partial charge in [-0.25, -0.2) is 9.97 Å². The summed E-state index contributed by atoms with van der Waals surface area (Å²) in [6.07, 6.45) is -6.30. The highest BCUT2D eigenvalue weighted by molar-refractivity contribution is 6.23. The van der Waals surface area contributed by atoms with Gasteiger partial charge in [0.15, 0.2) is 6.19 Å². The number of nitrogens with zero attached hydrogens (tertiary/aromatic N) is 5. The van der Waals surface area contributed by atoms with Gasteiger partial charge in [0, 0.05) is 27.8 Å². The predicted octanol–water partition coefficient (Wildman–Crippen LogP) is 7.74. The van der Waals surface area contributed by atoms with Crippen molar-refractivity contribution in [3.63, 3.8) is 0 Å². The van der Waals surface area contributed by atoms with Gasteiger partial charge in [-0.15, -0.1) is 0 Å². The number of hydrogen-bond donors (Lipinski definition) is 1. The highest BCUT2D eigenvalue weighted by Gasteiger charge is 2.41. The standard InChI is InChI=1S/C36H16F6N6O2/c37-35(38,39)33(49)19-5-1-17(2-6-19)21-9-11-23-25(13-21)27(45-15-43)31-29(23)47-32-28(46-16-44)26-14-22(10-12-24(26)30(32)48-31)18-3-7-20(8-4-18)34(50)36(40,41)42/h1-14,27,45H/b46-28+. The van der Waals surface area contributed by atoms with Gasteiger partial charge < -0.3 is 5.32 Å². The molecule has 14 heteroatoms. The number of halogens is 6. The van der Waals surface area contributed by atoms with Crippen LogP contribution in [-0.2, 0) is 0 Å². The molecule has 0 saturated carbocycles. The van der Waals surface area contributed by atoms with E-state index in [0.717, 1.165) is 24.3 Å². The average molecular weight is 679 g/mol. The number of nitriles is 2. The minimum Gasteiger partial charge on any atom is -0.310 e. The lowest BCUT2D eigenvalue weighted by Crippen LogP contribution is -2.22. The van der Waals surface area contributed by atoms with E-state index in [1.54, 1.807) is 42.6 Å². The van der Waals surface area contributed by atoms with Crippen LogP contribution < -0.4 is 5.32 Å². The van der Waals surface area contributed by atoms with Gasteiger partial charge in [-0.05, 0) is 39.9 Å². The molecule has 0 radical (unpaired) electrons. The number of alkyl halides is 6. The zero-order chi connectivity index (χ0) is 35.5. The molecule has 0 spiro atoms. The lowest BCUT2D eigenvalue weighted by Gasteiger charge is -2.12. The molecule has 1 atom stereocenters. The number of aromatic nitrogens is 2. The van der Waals surface area contributed by atoms with E-state index in [0.29, 0.717) is 67.3 Å². The smallest absolute Gasteiger partial charge is 0.310 e. The van der Waals surface area contributed by atoms with Crippen molar-refractivity contribution in [2.45, 2.75) is 18.4 Å². The number of aliphatic imine (C=N–C) groups is 1. The normalized spacial score (nSPS) is 15.0. The Hall–Kier alpha value is -6.67. The number of Topliss-reactive ketones (excluding diaryl/α,β-unsaturated/α-hetero) is 2. The number of benzene rings is 4. The summed E-state index contributed by atoms with van der Waals surface area (Å²) in [5, 5.41) is 21.9. The van der Waals surface area contributed by atoms with Gasteiger partial charge in [-0.3, -0.25) is 9.59 Å². The molecule has 4 aromatic carbocycles. The van der Waals surface area contributed by atoms with E-state index in [2.05, 4.69) is 10.3 Å². The predicted molar refractivity (Wildman–Crippen MR) is 166 cm³/mol. The minimum atomic E-state index is -5.01. The van der Waals surface area contributed by atoms with E-state index >= 15 is 0 Å². The second-order valence-corrected chi connectivity index (χ2v) is 11.3. The maximum absolute atomic E-state index is 12.9. The first kappa shape index (κ1) is 31.9. The van der Waals surface area contributed by atoms with Gasteiger partial charge in [0.1, 0.15) is 17.4 Å². The Bertz CT molecular complexity index is 2390. The number of fused-ring (bicyclic) bond motifs is 6. The molecular formula is C36H16F6N6O2. The Morgan fingerprint density at radius 2 is 1.16 bits per heavy atom. The number of carbonyl (C=O) groups excluding carboxylic acids is 2. The van der Waals surface area contributed by atoms with Gasteiger partial charge in [-0.2, -0.15) is 41.9 Å². The molecule has 2 aliphatic rings. The molecule has 1 heterocycles. The van der Waals surface area contributed by atoms with Gasteiger partial charge in [0.25, 0.3) is 11.6 Å². The van der Waals surface area contributed by atoms with Crippen molar-refractivity contribution in [3.05, 3.63) is 119 Å². The second-order valence-electron chi connectivity index (χ2n) is 11.3. The SMILES string of the molecule is N#C/N=C1\c2cc(-c3ccc(C(=O)C(F)(F)F)cc3)ccc2-c2nc3c(nc21)-c1ccc(-c2ccc(C(=O)C(F)(F)F)cc2)cc1C3NC#N. The summed E-state index contributed by atoms with van der Waals surface area (Å²) in [6.45, 7) is 0. The van der Waals surface area contributed by atoms with E-state index in [1.165, 1.54) is 24.3 Å². The van der Waals surface area contributed by atoms with Crippen molar-refractivity contribution < 1.29 is 35.9 Å². The van der Waals surface area contributed by atoms with Gasteiger partial charge >= 0.3 is 12.4 Å². The van der Waals surface area contributed by atoms with E-state index in [9.17, 15) is 46.5 Å². The molecule has 0 aliphatic heterocycles. The molecule has 0 saturated heterocycles. The van der Waals surface area contributed by atoms with Gasteiger partial charge in [0.2, 0.25) is 6.19 Å². The third-order valence-corrected chi connectivity index (χ3v) is 8.41. The first-order valence-corrected chi connectivity index (χ1v) is 14.6. The van der Waals surface area contributed by atoms with Gasteiger partial charge in [0.05, 0.1) is 17.1 Å². The van der Waals surface area contributed by atoms with Crippen molar-refractivity contribution >= 4 is 17.3 Å². The van der Waals surface area contributed by atoms with Crippen LogP contribution in [0.25, 0.3) is 44.8 Å². The minimum absolute atomic E-state index is 0.210. The lowest BCUT2D eigenvalue weighted by molar-refractivity contribution is -0.0888. The third-order valence-electron chi connectivity index (χ3n) is 8.41. The fourth-order valence-corrected chi connectivity index (χ4v) is 6.13. The van der Waals surface area contributed by atoms with E-state index in [4.69, 9.17) is 9.97 Å². The summed E-state index contributed by atoms with van der Waals surface area (Å²) < 4.78 is 77.3. The largest absolute Gasteiger partial charge is 0.454 e. The highest BCUT2D eigenvalue weighted by atomic mass is 19.4. The Kier molecular flexibility index (Phi) is 7.33. The Labute approximate surface area is 278 Å². The number of rotatable bonds is 5. The molecule has 8 nitrogen and oxygen atoms in total. The van der Waals surface area contributed by atoms with Crippen LogP contribution in [0.1, 0.15) is 49.3 Å². The average Bonchev–Trinajstić information content (AvgIpc) is 3.56. The molecule has 0 fully saturated rings. The van der Waals surface area contributed by atoms with Crippen molar-refractivity contribution in [2.75, 3.05) is 0 Å². The molecule has 7 rings (SSSR count). The summed E-state index contributed by atoms with van der Waals surface area (Å²) >= 11 is 0. The van der Waals surface area contributed by atoms with Crippen LogP contribution in [0.2, 0.25) is 0 Å². The summed E-state index contributed by atoms with van der Waals surface area (Å²) in [6, 6.07) is 19.4. The molecule has 2 aliphatic carbocycles. The molecule has 1 unspecified atom stereocenters. The quantitative estimate of drug-likeness (QED) is 0.0854. The molecule has 1 N–H and O–H groups in total. The molecule has 0 amide bonds. The fourth-order valence-electron chi connectivity index (χ4n) is 6.13. The highest BCUT2D eigenvalue weighted by Crippen LogP contribution is 2.47. The molecule has 5 aromatic rings. The van der Waals surface area contributed by atoms with E-state index in [1.807, 2.05) is 6.19 Å². The van der Waals surface area contributed by atoms with Crippen LogP contribution in [0.4, 0.5) is 26.3 Å². The van der Waals surface area contributed by atoms with Crippen LogP contribution in [-0.4, -0.2) is 39.6 Å². The number of nitrogens with one attached hydrogen (secondary N) is 1. The third kappa shape index (κ3) is 5.23. The maximum atomic E-state index is 12.9. The molecule has 244 valence electrons. The van der Waals surface area contributed by atoms with Crippen molar-refractivity contribution in [1.82, 2.24) is 15.3 Å². The molecule has 50 heavy (non-hydrogen) atoms. The Morgan fingerprint density at radius 1 is 0.640 bits per heavy atom. The first-order valence-electron chi connectivity index (χ1n) is 14.6. The topological polar surface area (TPSA) is 132 Å². The molecule has 0 bridgehead atoms. The van der Waals surface area contributed by atoms with Crippen LogP contribution in [0.15, 0.2) is 89.9 Å². The lowest BCUT2D eigenvalue weighted by atomic mass is 9.97. The van der Waals surface area contributed by atoms with Crippen molar-refractivity contribution in [3.8, 4) is 57.2 Å². The molecular weight excluding hydrogens is 662 g/mol. The number of ketones is 2. The maximum Gasteiger partial charge on any atom is 0.454 e. The number of hydrogen-bond acceptors (Lipinski definition) is 8. The van der Waals surface area contributed by atoms with E-state index in [-0.39, 0.29) is 5.71 Å². The van der Waals surface area contributed by atoms with Crippen molar-refractivity contribution in [2.24, 2.45) is 4.99 Å². The van der Waals surface area contributed by atoms with Crippen LogP contribution in [0.5, 0.6) is 0 Å². The molecule has 1 aromatic heterocycles. The fraction of sp³-hybridized carbons (Fsp3) is 0.0833. The Morgan fingerprint density at radius 3 is 1.68 bits per heavy atom. The number of carbonyl (C=O) groups is 2. The van der Waals surface area contributed by atoms with Crippen LogP contribution >= 0.6 is 0 Å². The summed E-state index contributed by atoms with van der Waals surface area (Å²) in [5.41, 5.74) is 5.17. The van der Waals surface area contributed by atoms with E-state index < -0.39 is 41.1 Å². The first-order chi connectivity index (χ1) is 23.8. The second kappa shape index (κ2) is 11.5. The monoisotopic (exact) mass is 678 g/mol. The Balaban J connectivity index is 1.26. The van der Waals surface area contributed by atoms with Crippen LogP contribution in [0, 0.1) is 22.9 Å². The summed E-state index contributed by atoms with van der Waals surface area (Å²) in [4.78, 5) is 37.0. The zero-order valence-electron chi connectivity index (χ0n) is 25.0. The summed E-state index contributed by atoms with van der Waals surface area (Å²) in [5.74, 6) is -3.91. The summed E-state index contributed by atoms with van der Waals surface area (Å²) in [7, 11) is 0. The zero-order valence-corrected chi connectivity index (χ0v) is 25.0. The van der Waals surface area contributed by atoms with Crippen molar-refractivity contribution in [1.29, 1.82) is 10.5 Å².